The van der Waals surface area contributed by atoms with Gasteiger partial charge in [0.2, 0.25) is 5.72 Å². The summed E-state index contributed by atoms with van der Waals surface area (Å²) in [7, 11) is 0. The topological polar surface area (TPSA) is 73.8 Å². The van der Waals surface area contributed by atoms with Gasteiger partial charge in [-0.1, -0.05) is 57.6 Å². The minimum Gasteiger partial charge on any atom is -0.465 e. The molecule has 4 heterocycles. The standard InChI is InChI=1S/C26H19BrN2O4S/c1-14(30)22-23-18-5-3-4-6-20(18)33-26(22,2)28-25-29(23)24(31)21(34-25)13-17-11-12-19(32-17)15-7-9-16(27)10-8-15/h3-13,22-23H,1-2H3/b21-13+/t22-,23+,26-/m0/s1. The largest absolute Gasteiger partial charge is 0.465 e. The lowest BCUT2D eigenvalue weighted by Gasteiger charge is -2.45. The molecule has 2 aliphatic rings. The molecule has 0 saturated heterocycles. The molecule has 0 N–H and O–H groups in total. The van der Waals surface area contributed by atoms with Crippen LogP contribution in [0.3, 0.4) is 0 Å². The van der Waals surface area contributed by atoms with Crippen LogP contribution in [0.5, 0.6) is 5.75 Å². The molecule has 0 spiro atoms. The number of para-hydroxylation sites is 1. The first-order valence-corrected chi connectivity index (χ1v) is 12.4. The third kappa shape index (κ3) is 3.24. The van der Waals surface area contributed by atoms with E-state index < -0.39 is 17.7 Å². The van der Waals surface area contributed by atoms with Crippen LogP contribution < -0.4 is 19.6 Å². The molecule has 0 radical (unpaired) electrons. The third-order valence-electron chi connectivity index (χ3n) is 6.35. The number of thiazole rings is 1. The maximum atomic E-state index is 13.6. The van der Waals surface area contributed by atoms with Crippen LogP contribution in [0.4, 0.5) is 0 Å². The summed E-state index contributed by atoms with van der Waals surface area (Å²) in [4.78, 5) is 31.6. The minimum absolute atomic E-state index is 0.0646. The normalized spacial score (nSPS) is 23.0. The number of benzene rings is 2. The van der Waals surface area contributed by atoms with Crippen LogP contribution >= 0.6 is 27.3 Å². The molecule has 0 aliphatic carbocycles. The van der Waals surface area contributed by atoms with E-state index in [0.29, 0.717) is 26.6 Å². The van der Waals surface area contributed by atoms with Crippen molar-refractivity contribution < 1.29 is 13.9 Å². The highest BCUT2D eigenvalue weighted by molar-refractivity contribution is 9.10. The summed E-state index contributed by atoms with van der Waals surface area (Å²) in [6.07, 6.45) is 1.73. The molecule has 170 valence electrons. The Labute approximate surface area is 207 Å². The highest BCUT2D eigenvalue weighted by atomic mass is 79.9. The summed E-state index contributed by atoms with van der Waals surface area (Å²) in [5, 5.41) is 0. The van der Waals surface area contributed by atoms with Gasteiger partial charge in [0.1, 0.15) is 29.0 Å². The van der Waals surface area contributed by atoms with Crippen molar-refractivity contribution in [2.75, 3.05) is 0 Å². The molecule has 0 unspecified atom stereocenters. The smallest absolute Gasteiger partial charge is 0.271 e. The molecule has 2 aromatic heterocycles. The van der Waals surface area contributed by atoms with Gasteiger partial charge in [-0.3, -0.25) is 14.2 Å². The lowest BCUT2D eigenvalue weighted by molar-refractivity contribution is -0.132. The molecule has 0 amide bonds. The van der Waals surface area contributed by atoms with Crippen molar-refractivity contribution in [1.29, 1.82) is 0 Å². The van der Waals surface area contributed by atoms with Crippen molar-refractivity contribution in [3.63, 3.8) is 0 Å². The molecule has 2 aromatic carbocycles. The fourth-order valence-corrected chi connectivity index (χ4v) is 6.23. The average molecular weight is 535 g/mol. The molecule has 2 bridgehead atoms. The zero-order valence-electron chi connectivity index (χ0n) is 18.3. The number of hydrogen-bond acceptors (Lipinski definition) is 6. The Morgan fingerprint density at radius 1 is 1.15 bits per heavy atom. The van der Waals surface area contributed by atoms with E-state index in [4.69, 9.17) is 14.1 Å². The number of ether oxygens (including phenoxy) is 1. The molecule has 2 aliphatic heterocycles. The summed E-state index contributed by atoms with van der Waals surface area (Å²) < 4.78 is 15.3. The van der Waals surface area contributed by atoms with Crippen LogP contribution in [-0.4, -0.2) is 16.1 Å². The van der Waals surface area contributed by atoms with Gasteiger partial charge in [0.15, 0.2) is 4.80 Å². The van der Waals surface area contributed by atoms with Crippen molar-refractivity contribution in [3.05, 3.63) is 96.1 Å². The van der Waals surface area contributed by atoms with Crippen LogP contribution in [-0.2, 0) is 4.79 Å². The lowest BCUT2D eigenvalue weighted by atomic mass is 9.79. The molecular weight excluding hydrogens is 516 g/mol. The van der Waals surface area contributed by atoms with Crippen LogP contribution in [0.2, 0.25) is 0 Å². The first-order valence-electron chi connectivity index (χ1n) is 10.8. The van der Waals surface area contributed by atoms with Gasteiger partial charge in [-0.15, -0.1) is 0 Å². The molecule has 3 atom stereocenters. The number of rotatable bonds is 3. The van der Waals surface area contributed by atoms with E-state index in [9.17, 15) is 9.59 Å². The lowest BCUT2D eigenvalue weighted by Crippen LogP contribution is -2.58. The van der Waals surface area contributed by atoms with E-state index in [1.54, 1.807) is 10.6 Å². The molecule has 34 heavy (non-hydrogen) atoms. The number of hydrogen-bond donors (Lipinski definition) is 0. The van der Waals surface area contributed by atoms with Crippen molar-refractivity contribution in [1.82, 2.24) is 4.57 Å². The van der Waals surface area contributed by atoms with Gasteiger partial charge in [-0.2, -0.15) is 0 Å². The summed E-state index contributed by atoms with van der Waals surface area (Å²) >= 11 is 4.72. The number of carbonyl (C=O) groups excluding carboxylic acids is 1. The Balaban J connectivity index is 1.51. The van der Waals surface area contributed by atoms with Crippen molar-refractivity contribution in [2.24, 2.45) is 10.9 Å². The zero-order valence-corrected chi connectivity index (χ0v) is 20.7. The van der Waals surface area contributed by atoms with Gasteiger partial charge >= 0.3 is 0 Å². The highest BCUT2D eigenvalue weighted by Gasteiger charge is 2.53. The van der Waals surface area contributed by atoms with Crippen LogP contribution in [0.1, 0.15) is 31.2 Å². The maximum absolute atomic E-state index is 13.6. The summed E-state index contributed by atoms with van der Waals surface area (Å²) in [6, 6.07) is 18.6. The monoisotopic (exact) mass is 534 g/mol. The Kier molecular flexibility index (Phi) is 4.79. The average Bonchev–Trinajstić information content (AvgIpc) is 3.37. The van der Waals surface area contributed by atoms with E-state index in [2.05, 4.69) is 15.9 Å². The predicted octanol–water partition coefficient (Wildman–Crippen LogP) is 4.30. The second-order valence-corrected chi connectivity index (χ2v) is 10.5. The summed E-state index contributed by atoms with van der Waals surface area (Å²) in [5.41, 5.74) is 0.497. The number of aromatic nitrogens is 1. The summed E-state index contributed by atoms with van der Waals surface area (Å²) in [6.45, 7) is 3.35. The second kappa shape index (κ2) is 7.65. The molecule has 0 fully saturated rings. The van der Waals surface area contributed by atoms with Crippen LogP contribution in [0, 0.1) is 5.92 Å². The van der Waals surface area contributed by atoms with Crippen molar-refractivity contribution >= 4 is 39.1 Å². The predicted molar refractivity (Wildman–Crippen MR) is 133 cm³/mol. The van der Waals surface area contributed by atoms with Gasteiger partial charge in [0.05, 0.1) is 10.6 Å². The fourth-order valence-electron chi connectivity index (χ4n) is 4.89. The second-order valence-electron chi connectivity index (χ2n) is 8.62. The van der Waals surface area contributed by atoms with Crippen LogP contribution in [0.15, 0.2) is 79.3 Å². The number of Topliss-reactive ketones (excluding diaryl/α,β-unsaturated/α-hetero) is 1. The molecule has 6 nitrogen and oxygen atoms in total. The number of ketones is 1. The Morgan fingerprint density at radius 3 is 2.68 bits per heavy atom. The Bertz CT molecular complexity index is 1630. The van der Waals surface area contributed by atoms with Gasteiger partial charge < -0.3 is 9.15 Å². The third-order valence-corrected chi connectivity index (χ3v) is 7.86. The van der Waals surface area contributed by atoms with Crippen molar-refractivity contribution in [3.8, 4) is 17.1 Å². The van der Waals surface area contributed by atoms with E-state index >= 15 is 0 Å². The zero-order chi connectivity index (χ0) is 23.6. The van der Waals surface area contributed by atoms with Crippen LogP contribution in [0.25, 0.3) is 17.4 Å². The Hall–Kier alpha value is -3.23. The number of furan rings is 1. The number of nitrogens with zero attached hydrogens (tertiary/aromatic N) is 2. The number of carbonyl (C=O) groups is 1. The van der Waals surface area contributed by atoms with Gasteiger partial charge in [-0.05, 0) is 44.2 Å². The molecule has 0 saturated carbocycles. The van der Waals surface area contributed by atoms with Gasteiger partial charge in [-0.25, -0.2) is 4.99 Å². The maximum Gasteiger partial charge on any atom is 0.271 e. The van der Waals surface area contributed by atoms with E-state index in [0.717, 1.165) is 15.6 Å². The molecule has 4 aromatic rings. The fraction of sp³-hybridized carbons (Fsp3) is 0.192. The molecule has 8 heteroatoms. The molecule has 6 rings (SSSR count). The summed E-state index contributed by atoms with van der Waals surface area (Å²) in [5.74, 6) is 1.28. The first-order chi connectivity index (χ1) is 16.3. The highest BCUT2D eigenvalue weighted by Crippen LogP contribution is 2.47. The Morgan fingerprint density at radius 2 is 1.91 bits per heavy atom. The van der Waals surface area contributed by atoms with E-state index in [-0.39, 0.29) is 11.3 Å². The SMILES string of the molecule is CC(=O)[C@H]1[C@H]2c3ccccc3O[C@]1(C)N=c1s/c(=C/c3ccc(-c4ccc(Br)cc4)o3)c(=O)n12. The number of halogens is 1. The van der Waals surface area contributed by atoms with E-state index in [1.807, 2.05) is 67.6 Å². The van der Waals surface area contributed by atoms with Crippen molar-refractivity contribution in [2.45, 2.75) is 25.6 Å². The quantitative estimate of drug-likeness (QED) is 0.392. The minimum atomic E-state index is -1.07. The molecular formula is C26H19BrN2O4S. The van der Waals surface area contributed by atoms with E-state index in [1.165, 1.54) is 18.3 Å². The first kappa shape index (κ1) is 21.3. The number of fused-ring (bicyclic) bond motifs is 6. The van der Waals surface area contributed by atoms with Gasteiger partial charge in [0, 0.05) is 21.7 Å². The van der Waals surface area contributed by atoms with Gasteiger partial charge in [0.25, 0.3) is 5.56 Å².